The van der Waals surface area contributed by atoms with Crippen LogP contribution in [-0.4, -0.2) is 47.8 Å². The van der Waals surface area contributed by atoms with Gasteiger partial charge in [0.25, 0.3) is 0 Å². The van der Waals surface area contributed by atoms with Gasteiger partial charge < -0.3 is 20.4 Å². The van der Waals surface area contributed by atoms with Crippen molar-refractivity contribution in [2.75, 3.05) is 32.1 Å². The van der Waals surface area contributed by atoms with Crippen LogP contribution in [0.25, 0.3) is 11.0 Å². The van der Waals surface area contributed by atoms with Crippen molar-refractivity contribution < 1.29 is 4.74 Å². The highest BCUT2D eigenvalue weighted by Crippen LogP contribution is 2.50. The maximum Gasteiger partial charge on any atom is 0.143 e. The van der Waals surface area contributed by atoms with E-state index in [1.54, 1.807) is 13.4 Å². The fourth-order valence-electron chi connectivity index (χ4n) is 3.58. The largest absolute Gasteiger partial charge is 0.384 e. The van der Waals surface area contributed by atoms with Crippen LogP contribution in [0.3, 0.4) is 0 Å². The van der Waals surface area contributed by atoms with Gasteiger partial charge in [0.1, 0.15) is 17.8 Å². The summed E-state index contributed by atoms with van der Waals surface area (Å²) in [5.41, 5.74) is 2.27. The van der Waals surface area contributed by atoms with E-state index in [0.29, 0.717) is 17.9 Å². The monoisotopic (exact) mass is 301 g/mol. The molecule has 1 saturated heterocycles. The Morgan fingerprint density at radius 3 is 3.18 bits per heavy atom. The number of piperidine rings is 1. The number of aromatic amines is 1. The normalized spacial score (nSPS) is 28.0. The first kappa shape index (κ1) is 14.0. The van der Waals surface area contributed by atoms with Crippen LogP contribution in [0.15, 0.2) is 12.5 Å². The Morgan fingerprint density at radius 1 is 1.41 bits per heavy atom. The fraction of sp³-hybridized carbons (Fsp3) is 0.625. The second kappa shape index (κ2) is 5.85. The quantitative estimate of drug-likeness (QED) is 0.786. The van der Waals surface area contributed by atoms with Crippen LogP contribution in [0, 0.1) is 5.92 Å². The first-order valence-corrected chi connectivity index (χ1v) is 8.15. The Labute approximate surface area is 130 Å². The lowest BCUT2D eigenvalue weighted by Crippen LogP contribution is -2.38. The highest BCUT2D eigenvalue weighted by atomic mass is 16.5. The van der Waals surface area contributed by atoms with Gasteiger partial charge in [-0.3, -0.25) is 0 Å². The SMILES string of the molecule is COCC1CC1c1c[nH]c2ncnc(N[C@@H]3CCCNC3)c12. The topological polar surface area (TPSA) is 74.9 Å². The van der Waals surface area contributed by atoms with Crippen molar-refractivity contribution >= 4 is 16.9 Å². The van der Waals surface area contributed by atoms with E-state index in [0.717, 1.165) is 36.5 Å². The zero-order valence-corrected chi connectivity index (χ0v) is 12.9. The lowest BCUT2D eigenvalue weighted by molar-refractivity contribution is 0.184. The number of hydrogen-bond donors (Lipinski definition) is 3. The van der Waals surface area contributed by atoms with Crippen LogP contribution in [0.2, 0.25) is 0 Å². The molecule has 3 N–H and O–H groups in total. The number of methoxy groups -OCH3 is 1. The Bertz CT molecular complexity index is 649. The molecule has 1 aliphatic heterocycles. The second-order valence-corrected chi connectivity index (χ2v) is 6.44. The number of hydrogen-bond acceptors (Lipinski definition) is 5. The third kappa shape index (κ3) is 2.57. The van der Waals surface area contributed by atoms with E-state index in [1.165, 1.54) is 24.8 Å². The molecular weight excluding hydrogens is 278 g/mol. The van der Waals surface area contributed by atoms with Crippen molar-refractivity contribution in [2.24, 2.45) is 5.92 Å². The van der Waals surface area contributed by atoms with Crippen LogP contribution >= 0.6 is 0 Å². The van der Waals surface area contributed by atoms with Gasteiger partial charge in [-0.25, -0.2) is 9.97 Å². The van der Waals surface area contributed by atoms with Gasteiger partial charge in [0.2, 0.25) is 0 Å². The maximum atomic E-state index is 5.29. The van der Waals surface area contributed by atoms with E-state index in [4.69, 9.17) is 4.74 Å². The molecule has 0 spiro atoms. The molecule has 2 aromatic rings. The first-order valence-electron chi connectivity index (χ1n) is 8.15. The van der Waals surface area contributed by atoms with Gasteiger partial charge in [-0.1, -0.05) is 0 Å². The number of rotatable bonds is 5. The third-order valence-corrected chi connectivity index (χ3v) is 4.84. The van der Waals surface area contributed by atoms with Crippen molar-refractivity contribution in [1.82, 2.24) is 20.3 Å². The predicted molar refractivity (Wildman–Crippen MR) is 86.1 cm³/mol. The molecule has 2 fully saturated rings. The van der Waals surface area contributed by atoms with Crippen LogP contribution in [0.5, 0.6) is 0 Å². The predicted octanol–water partition coefficient (Wildman–Crippen LogP) is 1.87. The molecule has 0 radical (unpaired) electrons. The number of H-pyrrole nitrogens is 1. The van der Waals surface area contributed by atoms with Gasteiger partial charge in [-0.15, -0.1) is 0 Å². The minimum atomic E-state index is 0.448. The third-order valence-electron chi connectivity index (χ3n) is 4.84. The molecule has 2 aliphatic rings. The molecule has 6 heteroatoms. The Hall–Kier alpha value is -1.66. The van der Waals surface area contributed by atoms with Crippen molar-refractivity contribution in [2.45, 2.75) is 31.2 Å². The summed E-state index contributed by atoms with van der Waals surface area (Å²) < 4.78 is 5.29. The second-order valence-electron chi connectivity index (χ2n) is 6.44. The van der Waals surface area contributed by atoms with E-state index in [-0.39, 0.29) is 0 Å². The minimum absolute atomic E-state index is 0.448. The number of nitrogens with one attached hydrogen (secondary N) is 3. The molecule has 6 nitrogen and oxygen atoms in total. The molecule has 0 aromatic carbocycles. The smallest absolute Gasteiger partial charge is 0.143 e. The number of ether oxygens (including phenoxy) is 1. The van der Waals surface area contributed by atoms with Crippen LogP contribution < -0.4 is 10.6 Å². The van der Waals surface area contributed by atoms with Gasteiger partial charge in [-0.05, 0) is 43.2 Å². The molecule has 2 unspecified atom stereocenters. The minimum Gasteiger partial charge on any atom is -0.384 e. The summed E-state index contributed by atoms with van der Waals surface area (Å²) in [5, 5.41) is 8.22. The van der Waals surface area contributed by atoms with Gasteiger partial charge in [0, 0.05) is 32.5 Å². The summed E-state index contributed by atoms with van der Waals surface area (Å²) in [6.45, 7) is 2.95. The van der Waals surface area contributed by atoms with Crippen molar-refractivity contribution in [3.05, 3.63) is 18.1 Å². The van der Waals surface area contributed by atoms with Crippen LogP contribution in [-0.2, 0) is 4.74 Å². The number of nitrogens with zero attached hydrogens (tertiary/aromatic N) is 2. The molecule has 0 bridgehead atoms. The van der Waals surface area contributed by atoms with Crippen molar-refractivity contribution in [1.29, 1.82) is 0 Å². The average molecular weight is 301 g/mol. The summed E-state index contributed by atoms with van der Waals surface area (Å²) in [4.78, 5) is 12.2. The Kier molecular flexibility index (Phi) is 3.72. The van der Waals surface area contributed by atoms with Crippen LogP contribution in [0.4, 0.5) is 5.82 Å². The van der Waals surface area contributed by atoms with E-state index in [1.807, 2.05) is 0 Å². The highest BCUT2D eigenvalue weighted by Gasteiger charge is 2.40. The molecule has 3 heterocycles. The highest BCUT2D eigenvalue weighted by molar-refractivity contribution is 5.91. The number of fused-ring (bicyclic) bond motifs is 1. The zero-order chi connectivity index (χ0) is 14.9. The molecule has 118 valence electrons. The van der Waals surface area contributed by atoms with Gasteiger partial charge >= 0.3 is 0 Å². The molecule has 3 atom stereocenters. The standard InChI is InChI=1S/C16H23N5O/c1-22-8-10-5-12(10)13-7-18-15-14(13)16(20-9-19-15)21-11-3-2-4-17-6-11/h7,9-12,17H,2-6,8H2,1H3,(H2,18,19,20,21)/t10?,11-,12?/m1/s1. The van der Waals surface area contributed by atoms with Crippen LogP contribution in [0.1, 0.15) is 30.7 Å². The van der Waals surface area contributed by atoms with E-state index >= 15 is 0 Å². The zero-order valence-electron chi connectivity index (χ0n) is 12.9. The van der Waals surface area contributed by atoms with Gasteiger partial charge in [-0.2, -0.15) is 0 Å². The molecule has 1 aliphatic carbocycles. The van der Waals surface area contributed by atoms with Crippen molar-refractivity contribution in [3.8, 4) is 0 Å². The molecular formula is C16H23N5O. The molecule has 1 saturated carbocycles. The summed E-state index contributed by atoms with van der Waals surface area (Å²) in [7, 11) is 1.77. The molecule has 2 aromatic heterocycles. The summed E-state index contributed by atoms with van der Waals surface area (Å²) in [6.07, 6.45) is 7.34. The maximum absolute atomic E-state index is 5.29. The Balaban J connectivity index is 1.62. The van der Waals surface area contributed by atoms with E-state index in [9.17, 15) is 0 Å². The van der Waals surface area contributed by atoms with Gasteiger partial charge in [0.15, 0.2) is 0 Å². The lowest BCUT2D eigenvalue weighted by atomic mass is 10.1. The van der Waals surface area contributed by atoms with Crippen molar-refractivity contribution in [3.63, 3.8) is 0 Å². The number of anilines is 1. The van der Waals surface area contributed by atoms with E-state index in [2.05, 4.69) is 31.8 Å². The summed E-state index contributed by atoms with van der Waals surface area (Å²) >= 11 is 0. The number of aromatic nitrogens is 3. The lowest BCUT2D eigenvalue weighted by Gasteiger charge is -2.24. The molecule has 0 amide bonds. The average Bonchev–Trinajstić information content (AvgIpc) is 3.17. The summed E-state index contributed by atoms with van der Waals surface area (Å²) in [6, 6.07) is 0.448. The first-order chi connectivity index (χ1) is 10.9. The van der Waals surface area contributed by atoms with Gasteiger partial charge in [0.05, 0.1) is 5.39 Å². The molecule has 22 heavy (non-hydrogen) atoms. The van der Waals surface area contributed by atoms with E-state index < -0.39 is 0 Å². The fourth-order valence-corrected chi connectivity index (χ4v) is 3.58. The summed E-state index contributed by atoms with van der Waals surface area (Å²) in [5.74, 6) is 2.18. The Morgan fingerprint density at radius 2 is 2.36 bits per heavy atom. The molecule has 4 rings (SSSR count).